The molecule has 0 saturated heterocycles. The van der Waals surface area contributed by atoms with Gasteiger partial charge < -0.3 is 14.8 Å². The minimum absolute atomic E-state index is 0.157. The summed E-state index contributed by atoms with van der Waals surface area (Å²) >= 11 is 7.89. The van der Waals surface area contributed by atoms with Crippen molar-refractivity contribution in [2.24, 2.45) is 0 Å². The summed E-state index contributed by atoms with van der Waals surface area (Å²) in [6.07, 6.45) is 0.469. The maximum Gasteiger partial charge on any atom is 0.305 e. The molecule has 6 heteroatoms. The van der Waals surface area contributed by atoms with E-state index in [0.29, 0.717) is 17.2 Å². The zero-order valence-corrected chi connectivity index (χ0v) is 16.6. The number of anilines is 1. The van der Waals surface area contributed by atoms with Gasteiger partial charge >= 0.3 is 5.97 Å². The van der Waals surface area contributed by atoms with Gasteiger partial charge in [-0.25, -0.2) is 0 Å². The zero-order chi connectivity index (χ0) is 18.9. The van der Waals surface area contributed by atoms with Gasteiger partial charge in [-0.05, 0) is 41.3 Å². The number of nitrogens with one attached hydrogen (secondary N) is 1. The third-order valence-corrected chi connectivity index (χ3v) is 4.89. The van der Waals surface area contributed by atoms with Crippen LogP contribution in [-0.4, -0.2) is 20.2 Å². The van der Waals surface area contributed by atoms with Crippen LogP contribution in [0.3, 0.4) is 0 Å². The summed E-state index contributed by atoms with van der Waals surface area (Å²) in [5.74, 6) is 0.547. The van der Waals surface area contributed by atoms with Crippen molar-refractivity contribution >= 4 is 44.7 Å². The predicted molar refractivity (Wildman–Crippen MR) is 109 cm³/mol. The third kappa shape index (κ3) is 5.38. The van der Waals surface area contributed by atoms with Gasteiger partial charge in [-0.3, -0.25) is 4.79 Å². The fraction of sp³-hybridized carbons (Fsp3) is 0.250. The molecule has 3 aromatic rings. The second-order valence-electron chi connectivity index (χ2n) is 5.39. The molecule has 138 valence electrons. The lowest BCUT2D eigenvalue weighted by Crippen LogP contribution is -1.99. The van der Waals surface area contributed by atoms with E-state index in [1.165, 1.54) is 17.2 Å². The summed E-state index contributed by atoms with van der Waals surface area (Å²) < 4.78 is 10.7. The van der Waals surface area contributed by atoms with E-state index in [1.807, 2.05) is 18.2 Å². The minimum atomic E-state index is -0.157. The Labute approximate surface area is 162 Å². The van der Waals surface area contributed by atoms with E-state index in [2.05, 4.69) is 39.7 Å². The number of rotatable bonds is 5. The summed E-state index contributed by atoms with van der Waals surface area (Å²) in [6, 6.07) is 14.3. The van der Waals surface area contributed by atoms with E-state index < -0.39 is 0 Å². The summed E-state index contributed by atoms with van der Waals surface area (Å²) in [5, 5.41) is 7.47. The van der Waals surface area contributed by atoms with Crippen molar-refractivity contribution in [1.29, 1.82) is 0 Å². The van der Waals surface area contributed by atoms with Crippen LogP contribution in [0.2, 0.25) is 5.02 Å². The molecule has 0 unspecified atom stereocenters. The number of fused-ring (bicyclic) bond motifs is 1. The number of methoxy groups -OCH3 is 2. The Morgan fingerprint density at radius 1 is 1.19 bits per heavy atom. The molecular weight excluding hydrogens is 370 g/mol. The van der Waals surface area contributed by atoms with E-state index in [-0.39, 0.29) is 5.97 Å². The van der Waals surface area contributed by atoms with Gasteiger partial charge in [0.15, 0.2) is 0 Å². The fourth-order valence-electron chi connectivity index (χ4n) is 2.31. The Bertz CT molecular complexity index is 857. The van der Waals surface area contributed by atoms with Crippen LogP contribution in [0.15, 0.2) is 47.8 Å². The van der Waals surface area contributed by atoms with Crippen molar-refractivity contribution in [3.05, 3.63) is 58.4 Å². The highest BCUT2D eigenvalue weighted by molar-refractivity contribution is 7.17. The number of hydrogen-bond donors (Lipinski definition) is 1. The van der Waals surface area contributed by atoms with Crippen LogP contribution < -0.4 is 10.1 Å². The maximum absolute atomic E-state index is 9.96. The van der Waals surface area contributed by atoms with E-state index in [0.717, 1.165) is 17.8 Å². The highest BCUT2D eigenvalue weighted by atomic mass is 35.5. The number of carbonyl (C=O) groups is 1. The van der Waals surface area contributed by atoms with Crippen LogP contribution in [0.5, 0.6) is 5.75 Å². The SMILES string of the molecule is CCC(=O)OC.COc1ccc(CNc2cccc3sccc23)cc1Cl. The van der Waals surface area contributed by atoms with Crippen molar-refractivity contribution in [1.82, 2.24) is 0 Å². The van der Waals surface area contributed by atoms with Gasteiger partial charge in [-0.15, -0.1) is 11.3 Å². The average Bonchev–Trinajstić information content (AvgIpc) is 3.15. The number of thiophene rings is 1. The first-order chi connectivity index (χ1) is 12.6. The zero-order valence-electron chi connectivity index (χ0n) is 15.0. The number of esters is 1. The normalized spacial score (nSPS) is 10.0. The molecule has 0 aliphatic heterocycles. The first-order valence-electron chi connectivity index (χ1n) is 8.18. The molecule has 0 radical (unpaired) electrons. The molecule has 1 aromatic heterocycles. The lowest BCUT2D eigenvalue weighted by Gasteiger charge is -2.09. The molecule has 4 nitrogen and oxygen atoms in total. The van der Waals surface area contributed by atoms with Crippen LogP contribution in [0.25, 0.3) is 10.1 Å². The van der Waals surface area contributed by atoms with Gasteiger partial charge in [0.2, 0.25) is 0 Å². The van der Waals surface area contributed by atoms with Crippen LogP contribution >= 0.6 is 22.9 Å². The van der Waals surface area contributed by atoms with Crippen molar-refractivity contribution in [2.45, 2.75) is 19.9 Å². The Morgan fingerprint density at radius 3 is 2.62 bits per heavy atom. The molecule has 0 fully saturated rings. The van der Waals surface area contributed by atoms with Crippen molar-refractivity contribution in [2.75, 3.05) is 19.5 Å². The van der Waals surface area contributed by atoms with Gasteiger partial charge in [0.25, 0.3) is 0 Å². The highest BCUT2D eigenvalue weighted by Crippen LogP contribution is 2.29. The van der Waals surface area contributed by atoms with E-state index in [9.17, 15) is 4.79 Å². The second-order valence-corrected chi connectivity index (χ2v) is 6.75. The molecule has 0 spiro atoms. The van der Waals surface area contributed by atoms with Gasteiger partial charge in [0, 0.05) is 28.7 Å². The molecule has 3 rings (SSSR count). The first-order valence-corrected chi connectivity index (χ1v) is 9.44. The molecule has 0 amide bonds. The highest BCUT2D eigenvalue weighted by Gasteiger charge is 2.04. The number of halogens is 1. The molecule has 0 bridgehead atoms. The molecule has 0 saturated carbocycles. The number of benzene rings is 2. The molecule has 26 heavy (non-hydrogen) atoms. The van der Waals surface area contributed by atoms with E-state index in [1.54, 1.807) is 25.4 Å². The Balaban J connectivity index is 0.000000352. The van der Waals surface area contributed by atoms with Gasteiger partial charge in [-0.1, -0.05) is 30.7 Å². The monoisotopic (exact) mass is 391 g/mol. The fourth-order valence-corrected chi connectivity index (χ4v) is 3.40. The third-order valence-electron chi connectivity index (χ3n) is 3.71. The maximum atomic E-state index is 9.96. The number of hydrogen-bond acceptors (Lipinski definition) is 5. The molecule has 2 aromatic carbocycles. The Kier molecular flexibility index (Phi) is 7.75. The topological polar surface area (TPSA) is 47.6 Å². The van der Waals surface area contributed by atoms with Crippen LogP contribution in [0.1, 0.15) is 18.9 Å². The van der Waals surface area contributed by atoms with Crippen molar-refractivity contribution in [3.8, 4) is 5.75 Å². The quantitative estimate of drug-likeness (QED) is 0.563. The average molecular weight is 392 g/mol. The summed E-state index contributed by atoms with van der Waals surface area (Å²) in [5.41, 5.74) is 2.28. The Morgan fingerprint density at radius 2 is 2.00 bits per heavy atom. The predicted octanol–water partition coefficient (Wildman–Crippen LogP) is 5.74. The molecule has 1 heterocycles. The summed E-state index contributed by atoms with van der Waals surface area (Å²) in [4.78, 5) is 9.96. The number of ether oxygens (including phenoxy) is 2. The second kappa shape index (κ2) is 10.0. The lowest BCUT2D eigenvalue weighted by molar-refractivity contribution is -0.140. The van der Waals surface area contributed by atoms with Crippen molar-refractivity contribution < 1.29 is 14.3 Å². The summed E-state index contributed by atoms with van der Waals surface area (Å²) in [7, 11) is 3.00. The molecule has 0 aliphatic rings. The standard InChI is InChI=1S/C16H14ClNOS.C4H8O2/c1-19-15-6-5-11(9-13(15)17)10-18-14-3-2-4-16-12(14)7-8-20-16;1-3-4(5)6-2/h2-9,18H,10H2,1H3;3H2,1-2H3. The van der Waals surface area contributed by atoms with Gasteiger partial charge in [0.1, 0.15) is 5.75 Å². The van der Waals surface area contributed by atoms with Crippen LogP contribution in [0, 0.1) is 0 Å². The molecule has 0 aliphatic carbocycles. The largest absolute Gasteiger partial charge is 0.495 e. The van der Waals surface area contributed by atoms with E-state index >= 15 is 0 Å². The smallest absolute Gasteiger partial charge is 0.305 e. The Hall–Kier alpha value is -2.24. The summed E-state index contributed by atoms with van der Waals surface area (Å²) in [6.45, 7) is 2.49. The molecule has 1 N–H and O–H groups in total. The first kappa shape index (κ1) is 20.1. The van der Waals surface area contributed by atoms with Crippen LogP contribution in [0.4, 0.5) is 5.69 Å². The van der Waals surface area contributed by atoms with Gasteiger partial charge in [0.05, 0.1) is 19.2 Å². The lowest BCUT2D eigenvalue weighted by atomic mass is 10.2. The minimum Gasteiger partial charge on any atom is -0.495 e. The van der Waals surface area contributed by atoms with Crippen molar-refractivity contribution in [3.63, 3.8) is 0 Å². The van der Waals surface area contributed by atoms with Gasteiger partial charge in [-0.2, -0.15) is 0 Å². The molecular formula is C20H22ClNO3S. The number of carbonyl (C=O) groups excluding carboxylic acids is 1. The molecule has 0 atom stereocenters. The van der Waals surface area contributed by atoms with E-state index in [4.69, 9.17) is 16.3 Å². The van der Waals surface area contributed by atoms with Crippen LogP contribution in [-0.2, 0) is 16.1 Å².